The largest absolute Gasteiger partial charge is 0.252 e. The third-order valence-corrected chi connectivity index (χ3v) is 4.37. The summed E-state index contributed by atoms with van der Waals surface area (Å²) in [6.07, 6.45) is 4.47. The zero-order chi connectivity index (χ0) is 13.1. The maximum atomic E-state index is 4.58. The molecule has 2 unspecified atom stereocenters. The Balaban J connectivity index is 2.82. The highest BCUT2D eigenvalue weighted by atomic mass is 32.1. The molecule has 0 aromatic carbocycles. The zero-order valence-electron chi connectivity index (χ0n) is 11.6. The molecule has 1 aliphatic heterocycles. The van der Waals surface area contributed by atoms with Gasteiger partial charge in [0.2, 0.25) is 0 Å². The first-order valence-electron chi connectivity index (χ1n) is 6.44. The van der Waals surface area contributed by atoms with Gasteiger partial charge in [-0.3, -0.25) is 5.01 Å². The minimum atomic E-state index is 0.0622. The summed E-state index contributed by atoms with van der Waals surface area (Å²) in [6.45, 7) is 11.7. The van der Waals surface area contributed by atoms with Gasteiger partial charge in [0, 0.05) is 16.9 Å². The molecule has 0 aromatic rings. The van der Waals surface area contributed by atoms with Crippen LogP contribution in [0.3, 0.4) is 0 Å². The van der Waals surface area contributed by atoms with Crippen molar-refractivity contribution in [3.8, 4) is 0 Å². The average Bonchev–Trinajstić information content (AvgIpc) is 2.29. The average molecular weight is 255 g/mol. The highest BCUT2D eigenvalue weighted by Gasteiger charge is 2.30. The number of nitrogens with zero attached hydrogens (tertiary/aromatic N) is 3. The van der Waals surface area contributed by atoms with Crippen LogP contribution in [0.4, 0.5) is 0 Å². The summed E-state index contributed by atoms with van der Waals surface area (Å²) < 4.78 is 0. The molecule has 3 nitrogen and oxygen atoms in total. The second-order valence-electron chi connectivity index (χ2n) is 5.46. The predicted molar refractivity (Wildman–Crippen MR) is 76.2 cm³/mol. The first-order chi connectivity index (χ1) is 7.89. The Kier molecular flexibility index (Phi) is 5.04. The summed E-state index contributed by atoms with van der Waals surface area (Å²) in [5, 5.41) is 10.8. The highest BCUT2D eigenvalue weighted by Crippen LogP contribution is 2.35. The van der Waals surface area contributed by atoms with Gasteiger partial charge in [-0.05, 0) is 18.9 Å². The molecule has 1 aliphatic rings. The van der Waals surface area contributed by atoms with Crippen molar-refractivity contribution in [2.24, 2.45) is 15.8 Å². The summed E-state index contributed by atoms with van der Waals surface area (Å²) in [4.78, 5) is 0. The Morgan fingerprint density at radius 1 is 1.47 bits per heavy atom. The molecule has 1 heterocycles. The fraction of sp³-hybridized carbons (Fsp3) is 0.846. The van der Waals surface area contributed by atoms with Crippen molar-refractivity contribution in [2.45, 2.75) is 58.8 Å². The van der Waals surface area contributed by atoms with Crippen molar-refractivity contribution < 1.29 is 0 Å². The number of thiol groups is 1. The molecular weight excluding hydrogens is 230 g/mol. The Bertz CT molecular complexity index is 308. The van der Waals surface area contributed by atoms with E-state index in [1.165, 1.54) is 12.0 Å². The van der Waals surface area contributed by atoms with E-state index in [0.29, 0.717) is 17.8 Å². The van der Waals surface area contributed by atoms with E-state index < -0.39 is 0 Å². The van der Waals surface area contributed by atoms with Crippen molar-refractivity contribution >= 4 is 12.6 Å². The van der Waals surface area contributed by atoms with Crippen LogP contribution in [0.5, 0.6) is 0 Å². The molecule has 1 rings (SSSR count). The maximum absolute atomic E-state index is 4.58. The van der Waals surface area contributed by atoms with Crippen LogP contribution in [-0.2, 0) is 0 Å². The molecule has 0 spiro atoms. The van der Waals surface area contributed by atoms with Gasteiger partial charge < -0.3 is 0 Å². The fourth-order valence-electron chi connectivity index (χ4n) is 1.81. The van der Waals surface area contributed by atoms with E-state index in [9.17, 15) is 0 Å². The van der Waals surface area contributed by atoms with Gasteiger partial charge in [-0.2, -0.15) is 17.7 Å². The van der Waals surface area contributed by atoms with Crippen LogP contribution in [0.25, 0.3) is 0 Å². The van der Waals surface area contributed by atoms with Crippen molar-refractivity contribution in [1.82, 2.24) is 5.01 Å². The lowest BCUT2D eigenvalue weighted by Gasteiger charge is -2.34. The second kappa shape index (κ2) is 5.89. The van der Waals surface area contributed by atoms with E-state index >= 15 is 0 Å². The van der Waals surface area contributed by atoms with E-state index in [1.54, 1.807) is 0 Å². The molecule has 0 saturated carbocycles. The number of hydrogen-bond acceptors (Lipinski definition) is 4. The summed E-state index contributed by atoms with van der Waals surface area (Å²) >= 11 is 4.58. The minimum Gasteiger partial charge on any atom is -0.252 e. The highest BCUT2D eigenvalue weighted by molar-refractivity contribution is 7.81. The Morgan fingerprint density at radius 2 is 2.12 bits per heavy atom. The molecule has 0 radical (unpaired) electrons. The lowest BCUT2D eigenvalue weighted by molar-refractivity contribution is 0.250. The van der Waals surface area contributed by atoms with Crippen LogP contribution in [0, 0.1) is 5.41 Å². The second-order valence-corrected chi connectivity index (χ2v) is 6.23. The van der Waals surface area contributed by atoms with Gasteiger partial charge in [0.25, 0.3) is 0 Å². The van der Waals surface area contributed by atoms with E-state index in [-0.39, 0.29) is 5.41 Å². The molecule has 0 fully saturated rings. The molecule has 0 bridgehead atoms. The van der Waals surface area contributed by atoms with Crippen molar-refractivity contribution in [1.29, 1.82) is 0 Å². The molecular formula is C13H25N3S. The molecule has 0 saturated heterocycles. The number of rotatable bonds is 5. The van der Waals surface area contributed by atoms with Gasteiger partial charge in [-0.15, -0.1) is 0 Å². The van der Waals surface area contributed by atoms with Gasteiger partial charge in [0.1, 0.15) is 0 Å². The Morgan fingerprint density at radius 3 is 2.65 bits per heavy atom. The minimum absolute atomic E-state index is 0.0622. The van der Waals surface area contributed by atoms with Crippen LogP contribution >= 0.6 is 12.6 Å². The molecule has 0 aromatic heterocycles. The van der Waals surface area contributed by atoms with E-state index in [4.69, 9.17) is 0 Å². The zero-order valence-corrected chi connectivity index (χ0v) is 12.5. The lowest BCUT2D eigenvalue weighted by atomic mass is 9.81. The summed E-state index contributed by atoms with van der Waals surface area (Å²) in [5.74, 6) is 0. The summed E-state index contributed by atoms with van der Waals surface area (Å²) in [6, 6.07) is 0.421. The van der Waals surface area contributed by atoms with E-state index in [1.807, 2.05) is 5.01 Å². The topological polar surface area (TPSA) is 28.0 Å². The van der Waals surface area contributed by atoms with Gasteiger partial charge >= 0.3 is 0 Å². The lowest BCUT2D eigenvalue weighted by Crippen LogP contribution is -2.32. The Hall–Kier alpha value is -0.510. The normalized spacial score (nSPS) is 20.1. The third kappa shape index (κ3) is 3.47. The van der Waals surface area contributed by atoms with Crippen LogP contribution in [-0.4, -0.2) is 22.8 Å². The predicted octanol–water partition coefficient (Wildman–Crippen LogP) is 4.09. The first-order valence-corrected chi connectivity index (χ1v) is 6.96. The smallest absolute Gasteiger partial charge is 0.0854 e. The van der Waals surface area contributed by atoms with Crippen molar-refractivity contribution in [3.05, 3.63) is 11.8 Å². The van der Waals surface area contributed by atoms with Gasteiger partial charge in [-0.25, -0.2) is 0 Å². The van der Waals surface area contributed by atoms with Crippen LogP contribution in [0.1, 0.15) is 47.5 Å². The molecule has 0 N–H and O–H groups in total. The standard InChI is InChI=1S/C13H25N3S/c1-6-7-10(2)16-9-12(8-14-15-16)13(4,5)11(3)17/h9-11,17H,6-8H2,1-5H3. The van der Waals surface area contributed by atoms with Crippen LogP contribution in [0.15, 0.2) is 22.1 Å². The van der Waals surface area contributed by atoms with E-state index in [2.05, 4.69) is 63.8 Å². The molecule has 98 valence electrons. The van der Waals surface area contributed by atoms with Gasteiger partial charge in [0.05, 0.1) is 12.6 Å². The van der Waals surface area contributed by atoms with Crippen molar-refractivity contribution in [3.63, 3.8) is 0 Å². The third-order valence-electron chi connectivity index (χ3n) is 3.73. The monoisotopic (exact) mass is 255 g/mol. The quantitative estimate of drug-likeness (QED) is 0.736. The Labute approximate surface area is 111 Å². The van der Waals surface area contributed by atoms with Crippen LogP contribution < -0.4 is 0 Å². The van der Waals surface area contributed by atoms with Crippen molar-refractivity contribution in [2.75, 3.05) is 6.54 Å². The SMILES string of the molecule is CCCC(C)N1C=C(C(C)(C)C(C)S)CN=N1. The van der Waals surface area contributed by atoms with Crippen LogP contribution in [0.2, 0.25) is 0 Å². The molecule has 0 aliphatic carbocycles. The molecule has 2 atom stereocenters. The summed E-state index contributed by atoms with van der Waals surface area (Å²) in [5.41, 5.74) is 1.38. The first kappa shape index (κ1) is 14.6. The molecule has 17 heavy (non-hydrogen) atoms. The molecule has 0 amide bonds. The molecule has 4 heteroatoms. The fourth-order valence-corrected chi connectivity index (χ4v) is 1.98. The van der Waals surface area contributed by atoms with Gasteiger partial charge in [0.15, 0.2) is 0 Å². The van der Waals surface area contributed by atoms with Gasteiger partial charge in [-0.1, -0.05) is 39.3 Å². The van der Waals surface area contributed by atoms with E-state index in [0.717, 1.165) is 6.42 Å². The summed E-state index contributed by atoms with van der Waals surface area (Å²) in [7, 11) is 0. The maximum Gasteiger partial charge on any atom is 0.0854 e. The number of hydrogen-bond donors (Lipinski definition) is 1.